The standard InChI is InChI=1S/C14H13N3O/c1-9-10(2)16-17(11(9)3)14-5-4-12(8-18)6-13(14)7-15/h4-6,8H,1-3H3. The maximum absolute atomic E-state index is 10.7. The predicted octanol–water partition coefficient (Wildman–Crippen LogP) is 2.48. The van der Waals surface area contributed by atoms with E-state index in [0.29, 0.717) is 16.8 Å². The molecule has 90 valence electrons. The molecule has 0 radical (unpaired) electrons. The Balaban J connectivity index is 2.68. The molecular weight excluding hydrogens is 226 g/mol. The first-order valence-electron chi connectivity index (χ1n) is 5.61. The molecule has 1 aromatic heterocycles. The minimum absolute atomic E-state index is 0.449. The molecule has 0 aliphatic carbocycles. The van der Waals surface area contributed by atoms with Gasteiger partial charge < -0.3 is 0 Å². The van der Waals surface area contributed by atoms with Crippen molar-refractivity contribution in [3.63, 3.8) is 0 Å². The van der Waals surface area contributed by atoms with Gasteiger partial charge in [-0.3, -0.25) is 4.79 Å². The summed E-state index contributed by atoms with van der Waals surface area (Å²) < 4.78 is 1.75. The monoisotopic (exact) mass is 239 g/mol. The molecule has 0 atom stereocenters. The fourth-order valence-electron chi connectivity index (χ4n) is 1.86. The molecule has 18 heavy (non-hydrogen) atoms. The first kappa shape index (κ1) is 12.1. The molecule has 4 heteroatoms. The summed E-state index contributed by atoms with van der Waals surface area (Å²) in [6.45, 7) is 5.90. The van der Waals surface area contributed by atoms with Crippen LogP contribution in [-0.4, -0.2) is 16.1 Å². The first-order chi connectivity index (χ1) is 8.58. The highest BCUT2D eigenvalue weighted by Gasteiger charge is 2.12. The van der Waals surface area contributed by atoms with E-state index in [4.69, 9.17) is 5.26 Å². The molecule has 0 amide bonds. The van der Waals surface area contributed by atoms with Crippen LogP contribution in [0.1, 0.15) is 32.9 Å². The van der Waals surface area contributed by atoms with Crippen LogP contribution in [0.2, 0.25) is 0 Å². The Kier molecular flexibility index (Phi) is 2.99. The van der Waals surface area contributed by atoms with Gasteiger partial charge in [0.25, 0.3) is 0 Å². The summed E-state index contributed by atoms with van der Waals surface area (Å²) in [5, 5.41) is 13.6. The predicted molar refractivity (Wildman–Crippen MR) is 67.9 cm³/mol. The average Bonchev–Trinajstić information content (AvgIpc) is 2.65. The number of benzene rings is 1. The highest BCUT2D eigenvalue weighted by Crippen LogP contribution is 2.20. The number of carbonyl (C=O) groups excluding carboxylic acids is 1. The number of aromatic nitrogens is 2. The summed E-state index contributed by atoms with van der Waals surface area (Å²) in [4.78, 5) is 10.7. The molecule has 0 bridgehead atoms. The van der Waals surface area contributed by atoms with Crippen molar-refractivity contribution >= 4 is 6.29 Å². The molecular formula is C14H13N3O. The third-order valence-electron chi connectivity index (χ3n) is 3.16. The number of aryl methyl sites for hydroxylation is 1. The number of nitriles is 1. The summed E-state index contributed by atoms with van der Waals surface area (Å²) in [6.07, 6.45) is 0.733. The van der Waals surface area contributed by atoms with Crippen LogP contribution >= 0.6 is 0 Å². The number of hydrogen-bond acceptors (Lipinski definition) is 3. The van der Waals surface area contributed by atoms with E-state index in [1.807, 2.05) is 20.8 Å². The number of carbonyl (C=O) groups is 1. The summed E-state index contributed by atoms with van der Waals surface area (Å²) in [6, 6.07) is 7.12. The Labute approximate surface area is 105 Å². The van der Waals surface area contributed by atoms with Crippen LogP contribution in [0.15, 0.2) is 18.2 Å². The van der Waals surface area contributed by atoms with Crippen LogP contribution in [0.4, 0.5) is 0 Å². The molecule has 0 spiro atoms. The maximum atomic E-state index is 10.7. The Morgan fingerprint density at radius 3 is 2.56 bits per heavy atom. The van der Waals surface area contributed by atoms with Crippen LogP contribution in [-0.2, 0) is 0 Å². The van der Waals surface area contributed by atoms with Crippen molar-refractivity contribution in [1.82, 2.24) is 9.78 Å². The molecule has 0 saturated heterocycles. The fourth-order valence-corrected chi connectivity index (χ4v) is 1.86. The van der Waals surface area contributed by atoms with Gasteiger partial charge in [-0.15, -0.1) is 0 Å². The van der Waals surface area contributed by atoms with E-state index in [0.717, 1.165) is 23.2 Å². The lowest BCUT2D eigenvalue weighted by molar-refractivity contribution is 0.112. The fraction of sp³-hybridized carbons (Fsp3) is 0.214. The lowest BCUT2D eigenvalue weighted by Crippen LogP contribution is -2.02. The van der Waals surface area contributed by atoms with E-state index in [-0.39, 0.29) is 0 Å². The molecule has 2 rings (SSSR count). The van der Waals surface area contributed by atoms with E-state index in [1.165, 1.54) is 0 Å². The summed E-state index contributed by atoms with van der Waals surface area (Å²) in [7, 11) is 0. The molecule has 0 unspecified atom stereocenters. The van der Waals surface area contributed by atoms with Crippen LogP contribution in [0, 0.1) is 32.1 Å². The molecule has 0 aliphatic rings. The summed E-state index contributed by atoms with van der Waals surface area (Å²) >= 11 is 0. The molecule has 0 aliphatic heterocycles. The minimum atomic E-state index is 0.449. The Hall–Kier alpha value is -2.41. The Morgan fingerprint density at radius 2 is 2.06 bits per heavy atom. The van der Waals surface area contributed by atoms with Gasteiger partial charge in [0.2, 0.25) is 0 Å². The van der Waals surface area contributed by atoms with E-state index in [2.05, 4.69) is 11.2 Å². The van der Waals surface area contributed by atoms with Crippen LogP contribution in [0.3, 0.4) is 0 Å². The highest BCUT2D eigenvalue weighted by molar-refractivity contribution is 5.76. The van der Waals surface area contributed by atoms with Crippen molar-refractivity contribution in [2.24, 2.45) is 0 Å². The smallest absolute Gasteiger partial charge is 0.150 e. The number of hydrogen-bond donors (Lipinski definition) is 0. The lowest BCUT2D eigenvalue weighted by atomic mass is 10.1. The van der Waals surface area contributed by atoms with Crippen molar-refractivity contribution in [1.29, 1.82) is 5.26 Å². The zero-order valence-corrected chi connectivity index (χ0v) is 10.6. The molecule has 0 saturated carbocycles. The third kappa shape index (κ3) is 1.80. The average molecular weight is 239 g/mol. The van der Waals surface area contributed by atoms with E-state index in [9.17, 15) is 4.79 Å². The molecule has 1 aromatic carbocycles. The van der Waals surface area contributed by atoms with Gasteiger partial charge >= 0.3 is 0 Å². The second-order valence-electron chi connectivity index (χ2n) is 4.21. The van der Waals surface area contributed by atoms with E-state index in [1.54, 1.807) is 22.9 Å². The van der Waals surface area contributed by atoms with Crippen molar-refractivity contribution in [2.45, 2.75) is 20.8 Å². The molecule has 0 fully saturated rings. The summed E-state index contributed by atoms with van der Waals surface area (Å²) in [5.41, 5.74) is 4.70. The number of rotatable bonds is 2. The Bertz CT molecular complexity index is 662. The maximum Gasteiger partial charge on any atom is 0.150 e. The third-order valence-corrected chi connectivity index (χ3v) is 3.16. The van der Waals surface area contributed by atoms with Gasteiger partial charge in [-0.1, -0.05) is 0 Å². The number of nitrogens with zero attached hydrogens (tertiary/aromatic N) is 3. The van der Waals surface area contributed by atoms with Crippen LogP contribution in [0.25, 0.3) is 5.69 Å². The summed E-state index contributed by atoms with van der Waals surface area (Å²) in [5.74, 6) is 0. The van der Waals surface area contributed by atoms with Crippen molar-refractivity contribution in [3.05, 3.63) is 46.3 Å². The van der Waals surface area contributed by atoms with Gasteiger partial charge in [-0.05, 0) is 44.5 Å². The zero-order chi connectivity index (χ0) is 13.3. The molecule has 4 nitrogen and oxygen atoms in total. The van der Waals surface area contributed by atoms with Gasteiger partial charge in [-0.25, -0.2) is 4.68 Å². The van der Waals surface area contributed by atoms with Gasteiger partial charge in [0.15, 0.2) is 0 Å². The first-order valence-corrected chi connectivity index (χ1v) is 5.61. The Morgan fingerprint density at radius 1 is 1.33 bits per heavy atom. The second kappa shape index (κ2) is 4.46. The molecule has 1 heterocycles. The molecule has 0 N–H and O–H groups in total. The lowest BCUT2D eigenvalue weighted by Gasteiger charge is -2.07. The highest BCUT2D eigenvalue weighted by atomic mass is 16.1. The minimum Gasteiger partial charge on any atom is -0.298 e. The van der Waals surface area contributed by atoms with Crippen molar-refractivity contribution < 1.29 is 4.79 Å². The van der Waals surface area contributed by atoms with Gasteiger partial charge in [0, 0.05) is 11.3 Å². The van der Waals surface area contributed by atoms with Gasteiger partial charge in [0.1, 0.15) is 12.4 Å². The van der Waals surface area contributed by atoms with Gasteiger partial charge in [-0.2, -0.15) is 10.4 Å². The van der Waals surface area contributed by atoms with E-state index >= 15 is 0 Å². The zero-order valence-electron chi connectivity index (χ0n) is 10.6. The number of aldehydes is 1. The van der Waals surface area contributed by atoms with E-state index < -0.39 is 0 Å². The second-order valence-corrected chi connectivity index (χ2v) is 4.21. The largest absolute Gasteiger partial charge is 0.298 e. The molecule has 2 aromatic rings. The van der Waals surface area contributed by atoms with Crippen LogP contribution in [0.5, 0.6) is 0 Å². The van der Waals surface area contributed by atoms with Crippen molar-refractivity contribution in [3.8, 4) is 11.8 Å². The topological polar surface area (TPSA) is 58.7 Å². The van der Waals surface area contributed by atoms with Crippen molar-refractivity contribution in [2.75, 3.05) is 0 Å². The normalized spacial score (nSPS) is 10.1. The quantitative estimate of drug-likeness (QED) is 0.756. The van der Waals surface area contributed by atoms with Gasteiger partial charge in [0.05, 0.1) is 16.9 Å². The SMILES string of the molecule is Cc1nn(-c2ccc(C=O)cc2C#N)c(C)c1C. The van der Waals surface area contributed by atoms with Crippen LogP contribution < -0.4 is 0 Å².